The maximum atomic E-state index is 12.6. The van der Waals surface area contributed by atoms with Gasteiger partial charge in [0.1, 0.15) is 5.75 Å². The van der Waals surface area contributed by atoms with Crippen molar-refractivity contribution in [2.75, 3.05) is 19.8 Å². The second kappa shape index (κ2) is 11.1. The molecule has 0 aliphatic rings. The third-order valence-electron chi connectivity index (χ3n) is 4.80. The fourth-order valence-corrected chi connectivity index (χ4v) is 3.66. The summed E-state index contributed by atoms with van der Waals surface area (Å²) in [5.41, 5.74) is 1.21. The van der Waals surface area contributed by atoms with Gasteiger partial charge in [-0.2, -0.15) is 0 Å². The molecule has 2 aromatic heterocycles. The Hall–Kier alpha value is -3.20. The van der Waals surface area contributed by atoms with Crippen molar-refractivity contribution in [2.45, 2.75) is 46.1 Å². The van der Waals surface area contributed by atoms with Gasteiger partial charge in [-0.1, -0.05) is 45.9 Å². The summed E-state index contributed by atoms with van der Waals surface area (Å²) in [5, 5.41) is 9.98. The lowest BCUT2D eigenvalue weighted by Crippen LogP contribution is -2.35. The van der Waals surface area contributed by atoms with Crippen molar-refractivity contribution >= 4 is 23.2 Å². The second-order valence-electron chi connectivity index (χ2n) is 8.52. The van der Waals surface area contributed by atoms with Crippen LogP contribution in [0.15, 0.2) is 46.2 Å². The minimum atomic E-state index is -0.613. The van der Waals surface area contributed by atoms with Gasteiger partial charge in [0.05, 0.1) is 11.4 Å². The van der Waals surface area contributed by atoms with Crippen LogP contribution in [0.5, 0.6) is 5.75 Å². The number of carbonyl (C=O) groups excluding carboxylic acids is 2. The zero-order chi connectivity index (χ0) is 23.8. The largest absolute Gasteiger partial charge is 0.482 e. The van der Waals surface area contributed by atoms with Crippen molar-refractivity contribution < 1.29 is 23.5 Å². The quantitative estimate of drug-likeness (QED) is 0.403. The highest BCUT2D eigenvalue weighted by atomic mass is 32.1. The van der Waals surface area contributed by atoms with Gasteiger partial charge in [0.15, 0.2) is 13.2 Å². The number of ether oxygens (including phenoxy) is 2. The molecule has 8 nitrogen and oxygen atoms in total. The first kappa shape index (κ1) is 24.4. The molecule has 1 aromatic carbocycles. The summed E-state index contributed by atoms with van der Waals surface area (Å²) >= 11 is 1.49. The van der Waals surface area contributed by atoms with Crippen molar-refractivity contribution in [1.29, 1.82) is 0 Å². The number of nitrogens with zero attached hydrogens (tertiary/aromatic N) is 3. The van der Waals surface area contributed by atoms with Gasteiger partial charge in [0, 0.05) is 6.54 Å². The second-order valence-corrected chi connectivity index (χ2v) is 9.46. The van der Waals surface area contributed by atoms with Crippen molar-refractivity contribution in [3.8, 4) is 16.5 Å². The minimum absolute atomic E-state index is 0.0366. The Kier molecular flexibility index (Phi) is 8.21. The average Bonchev–Trinajstić information content (AvgIpc) is 3.47. The topological polar surface area (TPSA) is 94.8 Å². The molecule has 9 heteroatoms. The van der Waals surface area contributed by atoms with Crippen LogP contribution in [0.2, 0.25) is 0 Å². The molecule has 0 N–H and O–H groups in total. The number of thiophene rings is 1. The minimum Gasteiger partial charge on any atom is -0.482 e. The number of hydrogen-bond donors (Lipinski definition) is 0. The molecule has 0 aliphatic heterocycles. The number of hydrogen-bond acceptors (Lipinski definition) is 8. The fraction of sp³-hybridized carbons (Fsp3) is 0.417. The Balaban J connectivity index is 1.47. The van der Waals surface area contributed by atoms with Gasteiger partial charge >= 0.3 is 5.97 Å². The summed E-state index contributed by atoms with van der Waals surface area (Å²) in [6.45, 7) is 8.31. The molecule has 0 aliphatic carbocycles. The number of benzene rings is 1. The maximum Gasteiger partial charge on any atom is 0.344 e. The van der Waals surface area contributed by atoms with Crippen LogP contribution in [0.4, 0.5) is 0 Å². The number of aromatic nitrogens is 2. The zero-order valence-corrected chi connectivity index (χ0v) is 20.2. The lowest BCUT2D eigenvalue weighted by molar-refractivity contribution is -0.154. The maximum absolute atomic E-state index is 12.6. The van der Waals surface area contributed by atoms with Gasteiger partial charge in [0.2, 0.25) is 5.89 Å². The lowest BCUT2D eigenvalue weighted by Gasteiger charge is -2.20. The van der Waals surface area contributed by atoms with Gasteiger partial charge in [-0.05, 0) is 41.0 Å². The van der Waals surface area contributed by atoms with Crippen LogP contribution in [-0.4, -0.2) is 46.7 Å². The van der Waals surface area contributed by atoms with E-state index in [0.717, 1.165) is 11.3 Å². The number of rotatable bonds is 10. The predicted octanol–water partition coefficient (Wildman–Crippen LogP) is 4.46. The molecule has 3 aromatic rings. The number of carbonyl (C=O) groups is 2. The summed E-state index contributed by atoms with van der Waals surface area (Å²) in [7, 11) is 0. The molecule has 33 heavy (non-hydrogen) atoms. The average molecular weight is 472 g/mol. The van der Waals surface area contributed by atoms with E-state index in [1.165, 1.54) is 21.8 Å². The number of amides is 1. The van der Waals surface area contributed by atoms with Gasteiger partial charge < -0.3 is 18.8 Å². The first-order chi connectivity index (χ1) is 15.8. The Morgan fingerprint density at radius 3 is 2.48 bits per heavy atom. The highest BCUT2D eigenvalue weighted by molar-refractivity contribution is 7.13. The van der Waals surface area contributed by atoms with Gasteiger partial charge in [-0.3, -0.25) is 4.79 Å². The highest BCUT2D eigenvalue weighted by Crippen LogP contribution is 2.25. The van der Waals surface area contributed by atoms with E-state index in [0.29, 0.717) is 24.1 Å². The first-order valence-corrected chi connectivity index (χ1v) is 11.7. The standard InChI is InChI=1S/C24H29N3O5S/c1-5-12-27(14-20-25-26-23(32-20)19-7-6-13-33-19)21(28)15-31-22(29)16-30-18-10-8-17(9-11-18)24(2,3)4/h6-11,13H,5,12,14-16H2,1-4H3. The Morgan fingerprint density at radius 1 is 1.09 bits per heavy atom. The smallest absolute Gasteiger partial charge is 0.344 e. The number of esters is 1. The van der Waals surface area contributed by atoms with E-state index >= 15 is 0 Å². The van der Waals surface area contributed by atoms with Crippen LogP contribution in [-0.2, 0) is 26.3 Å². The van der Waals surface area contributed by atoms with E-state index in [1.807, 2.05) is 48.7 Å². The summed E-state index contributed by atoms with van der Waals surface area (Å²) in [4.78, 5) is 27.1. The van der Waals surface area contributed by atoms with Crippen molar-refractivity contribution in [3.63, 3.8) is 0 Å². The molecule has 0 bridgehead atoms. The van der Waals surface area contributed by atoms with Crippen LogP contribution in [0.25, 0.3) is 10.8 Å². The molecule has 3 rings (SSSR count). The van der Waals surface area contributed by atoms with Crippen molar-refractivity contribution in [3.05, 3.63) is 53.2 Å². The van der Waals surface area contributed by atoms with Crippen LogP contribution in [0.3, 0.4) is 0 Å². The molecule has 0 radical (unpaired) electrons. The lowest BCUT2D eigenvalue weighted by atomic mass is 9.87. The Morgan fingerprint density at radius 2 is 1.85 bits per heavy atom. The van der Waals surface area contributed by atoms with E-state index in [4.69, 9.17) is 13.9 Å². The van der Waals surface area contributed by atoms with E-state index in [-0.39, 0.29) is 31.1 Å². The van der Waals surface area contributed by atoms with Crippen LogP contribution in [0.1, 0.15) is 45.6 Å². The van der Waals surface area contributed by atoms with Gasteiger partial charge in [-0.15, -0.1) is 21.5 Å². The third kappa shape index (κ3) is 7.15. The van der Waals surface area contributed by atoms with Crippen LogP contribution < -0.4 is 4.74 Å². The molecule has 2 heterocycles. The molecule has 176 valence electrons. The van der Waals surface area contributed by atoms with Crippen LogP contribution in [0, 0.1) is 0 Å². The predicted molar refractivity (Wildman–Crippen MR) is 125 cm³/mol. The summed E-state index contributed by atoms with van der Waals surface area (Å²) in [6, 6.07) is 11.4. The molecule has 0 spiro atoms. The Labute approximate surface area is 197 Å². The Bertz CT molecular complexity index is 1040. The third-order valence-corrected chi connectivity index (χ3v) is 5.66. The molecule has 1 amide bonds. The van der Waals surface area contributed by atoms with Gasteiger partial charge in [0.25, 0.3) is 11.8 Å². The molecular formula is C24H29N3O5S. The van der Waals surface area contributed by atoms with E-state index in [2.05, 4.69) is 31.0 Å². The van der Waals surface area contributed by atoms with Gasteiger partial charge in [-0.25, -0.2) is 4.79 Å². The highest BCUT2D eigenvalue weighted by Gasteiger charge is 2.19. The molecule has 0 saturated carbocycles. The van der Waals surface area contributed by atoms with Crippen LogP contribution >= 0.6 is 11.3 Å². The van der Waals surface area contributed by atoms with E-state index in [9.17, 15) is 9.59 Å². The van der Waals surface area contributed by atoms with Crippen molar-refractivity contribution in [2.24, 2.45) is 0 Å². The fourth-order valence-electron chi connectivity index (χ4n) is 3.01. The van der Waals surface area contributed by atoms with E-state index < -0.39 is 5.97 Å². The zero-order valence-electron chi connectivity index (χ0n) is 19.4. The van der Waals surface area contributed by atoms with Crippen molar-refractivity contribution in [1.82, 2.24) is 15.1 Å². The normalized spacial score (nSPS) is 11.3. The molecule has 0 unspecified atom stereocenters. The molecule has 0 saturated heterocycles. The summed E-state index contributed by atoms with van der Waals surface area (Å²) in [5.74, 6) is 0.362. The molecular weight excluding hydrogens is 442 g/mol. The first-order valence-electron chi connectivity index (χ1n) is 10.8. The monoisotopic (exact) mass is 471 g/mol. The van der Waals surface area contributed by atoms with E-state index in [1.54, 1.807) is 0 Å². The molecule has 0 atom stereocenters. The summed E-state index contributed by atoms with van der Waals surface area (Å²) in [6.07, 6.45) is 0.735. The molecule has 0 fully saturated rings. The summed E-state index contributed by atoms with van der Waals surface area (Å²) < 4.78 is 16.3. The SMILES string of the molecule is CCCN(Cc1nnc(-c2cccs2)o1)C(=O)COC(=O)COc1ccc(C(C)(C)C)cc1.